The number of nitrogens with one attached hydrogen (secondary N) is 1. The van der Waals surface area contributed by atoms with E-state index < -0.39 is 5.82 Å². The summed E-state index contributed by atoms with van der Waals surface area (Å²) in [6, 6.07) is 11.6. The first-order valence-electron chi connectivity index (χ1n) is 13.8. The molecule has 0 spiro atoms. The molecule has 0 radical (unpaired) electrons. The van der Waals surface area contributed by atoms with E-state index in [0.29, 0.717) is 35.0 Å². The number of nitrogens with zero attached hydrogens (tertiary/aromatic N) is 4. The van der Waals surface area contributed by atoms with Crippen LogP contribution in [0.1, 0.15) is 60.3 Å². The Labute approximate surface area is 227 Å². The minimum Gasteiger partial charge on any atom is -0.396 e. The molecule has 0 amide bonds. The van der Waals surface area contributed by atoms with Crippen molar-refractivity contribution in [2.45, 2.75) is 58.2 Å². The van der Waals surface area contributed by atoms with Gasteiger partial charge in [0.05, 0.1) is 23.1 Å². The monoisotopic (exact) mass is 526 g/mol. The van der Waals surface area contributed by atoms with Crippen molar-refractivity contribution < 1.29 is 4.39 Å². The SMILES string of the molecule is Cc1ccc(N2CCC[C@H](C(NCc3cn(C4CC4)c4cc(N)c(F)cc4c3=O)c3ccnc(C)c3)C2)cn1. The molecule has 39 heavy (non-hydrogen) atoms. The van der Waals surface area contributed by atoms with Crippen molar-refractivity contribution in [3.8, 4) is 0 Å². The van der Waals surface area contributed by atoms with E-state index in [4.69, 9.17) is 5.73 Å². The van der Waals surface area contributed by atoms with Crippen LogP contribution in [0.4, 0.5) is 15.8 Å². The summed E-state index contributed by atoms with van der Waals surface area (Å²) in [5.74, 6) is -0.227. The summed E-state index contributed by atoms with van der Waals surface area (Å²) in [5, 5.41) is 4.14. The van der Waals surface area contributed by atoms with Crippen molar-refractivity contribution in [2.24, 2.45) is 5.92 Å². The normalized spacial score (nSPS) is 18.4. The molecular formula is C31H35FN6O. The zero-order valence-corrected chi connectivity index (χ0v) is 22.5. The van der Waals surface area contributed by atoms with Gasteiger partial charge in [-0.05, 0) is 87.4 Å². The highest BCUT2D eigenvalue weighted by Gasteiger charge is 2.30. The van der Waals surface area contributed by atoms with E-state index in [9.17, 15) is 9.18 Å². The summed E-state index contributed by atoms with van der Waals surface area (Å²) < 4.78 is 16.5. The molecule has 2 aliphatic rings. The molecule has 2 atom stereocenters. The van der Waals surface area contributed by atoms with Crippen molar-refractivity contribution in [3.63, 3.8) is 0 Å². The number of benzene rings is 1. The molecule has 1 aliphatic heterocycles. The molecule has 4 aromatic rings. The topological polar surface area (TPSA) is 89.1 Å². The zero-order chi connectivity index (χ0) is 27.1. The number of rotatable bonds is 7. The Hall–Kier alpha value is -3.78. The first-order valence-corrected chi connectivity index (χ1v) is 13.8. The standard InChI is InChI=1S/C31H35FN6O/c1-19-5-6-25(16-35-19)37-11-3-4-22(17-37)30(21-9-10-34-20(2)12-21)36-15-23-18-38(24-7-8-24)29-14-28(33)27(32)13-26(29)31(23)39/h5-6,9-10,12-14,16,18,22,24,30,36H,3-4,7-8,11,15,17,33H2,1-2H3/t22-,30?/m0/s1. The van der Waals surface area contributed by atoms with Gasteiger partial charge in [0.15, 0.2) is 5.43 Å². The first kappa shape index (κ1) is 25.5. The summed E-state index contributed by atoms with van der Waals surface area (Å²) >= 11 is 0. The minimum absolute atomic E-state index is 0.0283. The molecule has 3 aromatic heterocycles. The lowest BCUT2D eigenvalue weighted by atomic mass is 9.86. The number of nitrogens with two attached hydrogens (primary N) is 1. The van der Waals surface area contributed by atoms with Gasteiger partial charge < -0.3 is 20.5 Å². The third kappa shape index (κ3) is 5.26. The third-order valence-electron chi connectivity index (χ3n) is 8.15. The van der Waals surface area contributed by atoms with Crippen LogP contribution in [0.3, 0.4) is 0 Å². The number of hydrogen-bond acceptors (Lipinski definition) is 6. The fraction of sp³-hybridized carbons (Fsp3) is 0.387. The van der Waals surface area contributed by atoms with E-state index in [1.165, 1.54) is 11.6 Å². The number of aromatic nitrogens is 3. The molecule has 202 valence electrons. The van der Waals surface area contributed by atoms with E-state index in [0.717, 1.165) is 55.8 Å². The lowest BCUT2D eigenvalue weighted by molar-refractivity contribution is 0.307. The summed E-state index contributed by atoms with van der Waals surface area (Å²) in [4.78, 5) is 24.9. The number of anilines is 2. The predicted octanol–water partition coefficient (Wildman–Crippen LogP) is 5.21. The van der Waals surface area contributed by atoms with Gasteiger partial charge in [-0.3, -0.25) is 14.8 Å². The van der Waals surface area contributed by atoms with Crippen LogP contribution in [0, 0.1) is 25.6 Å². The first-order chi connectivity index (χ1) is 18.9. The zero-order valence-electron chi connectivity index (χ0n) is 22.5. The Bertz CT molecular complexity index is 1560. The molecule has 7 nitrogen and oxygen atoms in total. The molecule has 0 bridgehead atoms. The van der Waals surface area contributed by atoms with Gasteiger partial charge in [-0.1, -0.05) is 0 Å². The van der Waals surface area contributed by atoms with Crippen molar-refractivity contribution in [2.75, 3.05) is 23.7 Å². The van der Waals surface area contributed by atoms with Crippen molar-refractivity contribution in [3.05, 3.63) is 93.5 Å². The Kier molecular flexibility index (Phi) is 6.81. The van der Waals surface area contributed by atoms with Gasteiger partial charge in [0.2, 0.25) is 0 Å². The van der Waals surface area contributed by atoms with Gasteiger partial charge >= 0.3 is 0 Å². The van der Waals surface area contributed by atoms with Crippen LogP contribution in [0.2, 0.25) is 0 Å². The molecule has 1 aromatic carbocycles. The highest BCUT2D eigenvalue weighted by molar-refractivity contribution is 5.83. The highest BCUT2D eigenvalue weighted by Crippen LogP contribution is 2.38. The fourth-order valence-corrected chi connectivity index (χ4v) is 5.92. The predicted molar refractivity (Wildman–Crippen MR) is 153 cm³/mol. The van der Waals surface area contributed by atoms with Crippen LogP contribution >= 0.6 is 0 Å². The Balaban J connectivity index is 1.32. The molecule has 4 heterocycles. The smallest absolute Gasteiger partial charge is 0.193 e. The summed E-state index contributed by atoms with van der Waals surface area (Å²) in [5.41, 5.74) is 11.4. The number of nitrogen functional groups attached to an aromatic ring is 1. The number of aryl methyl sites for hydroxylation is 2. The Morgan fingerprint density at radius 2 is 1.95 bits per heavy atom. The average molecular weight is 527 g/mol. The van der Waals surface area contributed by atoms with Gasteiger partial charge in [0, 0.05) is 66.4 Å². The quantitative estimate of drug-likeness (QED) is 0.321. The van der Waals surface area contributed by atoms with Crippen molar-refractivity contribution in [1.29, 1.82) is 0 Å². The average Bonchev–Trinajstić information content (AvgIpc) is 3.77. The molecule has 1 saturated heterocycles. The molecule has 1 unspecified atom stereocenters. The van der Waals surface area contributed by atoms with Crippen LogP contribution in [-0.4, -0.2) is 27.6 Å². The largest absolute Gasteiger partial charge is 0.396 e. The molecule has 6 rings (SSSR count). The van der Waals surface area contributed by atoms with Crippen LogP contribution in [0.15, 0.2) is 59.8 Å². The summed E-state index contributed by atoms with van der Waals surface area (Å²) in [6.07, 6.45) is 10.0. The van der Waals surface area contributed by atoms with Gasteiger partial charge in [-0.2, -0.15) is 0 Å². The van der Waals surface area contributed by atoms with E-state index in [2.05, 4.69) is 49.0 Å². The van der Waals surface area contributed by atoms with E-state index in [1.54, 1.807) is 6.07 Å². The number of hydrogen-bond donors (Lipinski definition) is 2. The maximum absolute atomic E-state index is 14.4. The van der Waals surface area contributed by atoms with E-state index >= 15 is 0 Å². The molecule has 3 N–H and O–H groups in total. The number of fused-ring (bicyclic) bond motifs is 1. The number of pyridine rings is 3. The lowest BCUT2D eigenvalue weighted by Gasteiger charge is -2.39. The Morgan fingerprint density at radius 3 is 2.69 bits per heavy atom. The van der Waals surface area contributed by atoms with Gasteiger partial charge in [-0.15, -0.1) is 0 Å². The van der Waals surface area contributed by atoms with E-state index in [1.807, 2.05) is 32.4 Å². The van der Waals surface area contributed by atoms with Crippen molar-refractivity contribution >= 4 is 22.3 Å². The second-order valence-corrected chi connectivity index (χ2v) is 11.1. The van der Waals surface area contributed by atoms with Crippen molar-refractivity contribution in [1.82, 2.24) is 19.9 Å². The van der Waals surface area contributed by atoms with Crippen LogP contribution in [0.5, 0.6) is 0 Å². The lowest BCUT2D eigenvalue weighted by Crippen LogP contribution is -2.42. The van der Waals surface area contributed by atoms with Crippen LogP contribution in [-0.2, 0) is 6.54 Å². The maximum Gasteiger partial charge on any atom is 0.193 e. The number of piperidine rings is 1. The van der Waals surface area contributed by atoms with E-state index in [-0.39, 0.29) is 17.2 Å². The summed E-state index contributed by atoms with van der Waals surface area (Å²) in [7, 11) is 0. The summed E-state index contributed by atoms with van der Waals surface area (Å²) in [6.45, 7) is 6.28. The Morgan fingerprint density at radius 1 is 1.10 bits per heavy atom. The minimum atomic E-state index is -0.551. The molecular weight excluding hydrogens is 491 g/mol. The molecule has 1 aliphatic carbocycles. The van der Waals surface area contributed by atoms with Gasteiger partial charge in [0.1, 0.15) is 5.82 Å². The molecule has 2 fully saturated rings. The van der Waals surface area contributed by atoms with Gasteiger partial charge in [-0.25, -0.2) is 4.39 Å². The molecule has 1 saturated carbocycles. The third-order valence-corrected chi connectivity index (χ3v) is 8.15. The maximum atomic E-state index is 14.4. The number of halogens is 1. The second kappa shape index (κ2) is 10.4. The molecule has 8 heteroatoms. The fourth-order valence-electron chi connectivity index (χ4n) is 5.92. The van der Waals surface area contributed by atoms with Crippen LogP contribution < -0.4 is 21.4 Å². The second-order valence-electron chi connectivity index (χ2n) is 11.1. The van der Waals surface area contributed by atoms with Crippen LogP contribution in [0.25, 0.3) is 10.9 Å². The highest BCUT2D eigenvalue weighted by atomic mass is 19.1. The van der Waals surface area contributed by atoms with Gasteiger partial charge in [0.25, 0.3) is 0 Å².